The molecule has 98 valence electrons. The van der Waals surface area contributed by atoms with E-state index in [1.807, 2.05) is 31.2 Å². The summed E-state index contributed by atoms with van der Waals surface area (Å²) in [4.78, 5) is 4.26. The molecular formula is C16H17FN2. The highest BCUT2D eigenvalue weighted by molar-refractivity contribution is 5.48. The maximum absolute atomic E-state index is 13.6. The molecule has 1 aliphatic rings. The Kier molecular flexibility index (Phi) is 3.20. The lowest BCUT2D eigenvalue weighted by atomic mass is 9.75. The van der Waals surface area contributed by atoms with E-state index < -0.39 is 0 Å². The van der Waals surface area contributed by atoms with Gasteiger partial charge in [-0.25, -0.2) is 4.39 Å². The molecule has 3 heteroatoms. The van der Waals surface area contributed by atoms with Gasteiger partial charge in [-0.05, 0) is 49.4 Å². The number of nitrogens with zero attached hydrogens (tertiary/aromatic N) is 1. The van der Waals surface area contributed by atoms with E-state index in [9.17, 15) is 4.39 Å². The highest BCUT2D eigenvalue weighted by atomic mass is 19.1. The number of hydrogen-bond acceptors (Lipinski definition) is 2. The van der Waals surface area contributed by atoms with Gasteiger partial charge in [0.1, 0.15) is 5.82 Å². The number of aryl methyl sites for hydroxylation is 1. The van der Waals surface area contributed by atoms with Crippen LogP contribution in [0.2, 0.25) is 0 Å². The van der Waals surface area contributed by atoms with Crippen LogP contribution in [0.5, 0.6) is 0 Å². The van der Waals surface area contributed by atoms with Crippen LogP contribution in [0.25, 0.3) is 0 Å². The third-order valence-corrected chi connectivity index (χ3v) is 3.85. The van der Waals surface area contributed by atoms with Crippen molar-refractivity contribution in [2.24, 2.45) is 0 Å². The number of aromatic nitrogens is 1. The Morgan fingerprint density at radius 2 is 1.95 bits per heavy atom. The van der Waals surface area contributed by atoms with Gasteiger partial charge >= 0.3 is 0 Å². The molecule has 1 fully saturated rings. The molecule has 0 saturated heterocycles. The second-order valence-electron chi connectivity index (χ2n) is 5.17. The summed E-state index contributed by atoms with van der Waals surface area (Å²) in [6.45, 7) is 2.00. The molecule has 1 aromatic heterocycles. The van der Waals surface area contributed by atoms with Crippen molar-refractivity contribution in [2.45, 2.75) is 31.7 Å². The molecule has 0 amide bonds. The highest BCUT2D eigenvalue weighted by Crippen LogP contribution is 2.39. The molecule has 0 bridgehead atoms. The van der Waals surface area contributed by atoms with Gasteiger partial charge in [-0.2, -0.15) is 0 Å². The average molecular weight is 256 g/mol. The molecular weight excluding hydrogens is 239 g/mol. The first-order valence-electron chi connectivity index (χ1n) is 6.66. The van der Waals surface area contributed by atoms with E-state index in [1.165, 1.54) is 0 Å². The molecule has 19 heavy (non-hydrogen) atoms. The molecule has 1 N–H and O–H groups in total. The first kappa shape index (κ1) is 12.2. The summed E-state index contributed by atoms with van der Waals surface area (Å²) in [6.07, 6.45) is 3.76. The van der Waals surface area contributed by atoms with Gasteiger partial charge in [0.05, 0.1) is 11.4 Å². The van der Waals surface area contributed by atoms with Crippen LogP contribution >= 0.6 is 0 Å². The zero-order chi connectivity index (χ0) is 13.2. The Morgan fingerprint density at radius 1 is 1.16 bits per heavy atom. The fourth-order valence-electron chi connectivity index (χ4n) is 2.65. The Hall–Kier alpha value is -1.90. The Bertz CT molecular complexity index is 576. The van der Waals surface area contributed by atoms with Crippen molar-refractivity contribution in [3.05, 3.63) is 59.7 Å². The quantitative estimate of drug-likeness (QED) is 0.901. The molecule has 3 rings (SSSR count). The first-order chi connectivity index (χ1) is 9.24. The molecule has 0 radical (unpaired) electrons. The van der Waals surface area contributed by atoms with E-state index in [0.717, 1.165) is 29.8 Å². The minimum atomic E-state index is -0.0801. The van der Waals surface area contributed by atoms with Crippen LogP contribution in [-0.4, -0.2) is 11.0 Å². The van der Waals surface area contributed by atoms with Crippen molar-refractivity contribution in [1.82, 2.24) is 4.98 Å². The van der Waals surface area contributed by atoms with Crippen molar-refractivity contribution in [3.63, 3.8) is 0 Å². The number of hydrogen-bond donors (Lipinski definition) is 1. The Labute approximate surface area is 112 Å². The van der Waals surface area contributed by atoms with E-state index in [-0.39, 0.29) is 5.82 Å². The number of rotatable bonds is 3. The molecule has 1 saturated carbocycles. The van der Waals surface area contributed by atoms with Crippen LogP contribution in [0.3, 0.4) is 0 Å². The van der Waals surface area contributed by atoms with Crippen LogP contribution in [0.15, 0.2) is 42.6 Å². The monoisotopic (exact) mass is 256 g/mol. The molecule has 1 aromatic carbocycles. The fraction of sp³-hybridized carbons (Fsp3) is 0.312. The van der Waals surface area contributed by atoms with Crippen molar-refractivity contribution in [2.75, 3.05) is 5.32 Å². The molecule has 0 atom stereocenters. The largest absolute Gasteiger partial charge is 0.381 e. The van der Waals surface area contributed by atoms with E-state index in [4.69, 9.17) is 0 Å². The van der Waals surface area contributed by atoms with E-state index in [0.29, 0.717) is 12.0 Å². The maximum Gasteiger partial charge on any atom is 0.126 e. The van der Waals surface area contributed by atoms with Crippen molar-refractivity contribution in [3.8, 4) is 0 Å². The predicted octanol–water partition coefficient (Wildman–Crippen LogP) is 3.89. The van der Waals surface area contributed by atoms with E-state index >= 15 is 0 Å². The molecule has 1 heterocycles. The van der Waals surface area contributed by atoms with Gasteiger partial charge < -0.3 is 5.32 Å². The molecule has 1 aliphatic carbocycles. The normalized spacial score (nSPS) is 21.8. The SMILES string of the molecule is Cc1ncccc1NC1CC(c2ccccc2F)C1. The Balaban J connectivity index is 1.62. The summed E-state index contributed by atoms with van der Waals surface area (Å²) in [7, 11) is 0. The van der Waals surface area contributed by atoms with Crippen molar-refractivity contribution in [1.29, 1.82) is 0 Å². The summed E-state index contributed by atoms with van der Waals surface area (Å²) >= 11 is 0. The smallest absolute Gasteiger partial charge is 0.126 e. The van der Waals surface area contributed by atoms with Crippen LogP contribution in [0.1, 0.15) is 30.0 Å². The average Bonchev–Trinajstić information content (AvgIpc) is 2.37. The molecule has 0 aliphatic heterocycles. The van der Waals surface area contributed by atoms with Gasteiger partial charge in [0.15, 0.2) is 0 Å². The van der Waals surface area contributed by atoms with Gasteiger partial charge in [-0.3, -0.25) is 4.98 Å². The fourth-order valence-corrected chi connectivity index (χ4v) is 2.65. The first-order valence-corrected chi connectivity index (χ1v) is 6.66. The lowest BCUT2D eigenvalue weighted by molar-refractivity contribution is 0.363. The standard InChI is InChI=1S/C16H17FN2/c1-11-16(7-4-8-18-11)19-13-9-12(10-13)14-5-2-3-6-15(14)17/h2-8,12-13,19H,9-10H2,1H3. The van der Waals surface area contributed by atoms with Crippen LogP contribution in [-0.2, 0) is 0 Å². The molecule has 2 aromatic rings. The zero-order valence-corrected chi connectivity index (χ0v) is 10.9. The van der Waals surface area contributed by atoms with Gasteiger partial charge in [0.25, 0.3) is 0 Å². The third kappa shape index (κ3) is 2.46. The summed E-state index contributed by atoms with van der Waals surface area (Å²) in [5, 5.41) is 3.48. The van der Waals surface area contributed by atoms with Crippen LogP contribution < -0.4 is 5.32 Å². The maximum atomic E-state index is 13.6. The number of anilines is 1. The predicted molar refractivity (Wildman–Crippen MR) is 74.8 cm³/mol. The number of halogens is 1. The molecule has 2 nitrogen and oxygen atoms in total. The number of nitrogens with one attached hydrogen (secondary N) is 1. The minimum Gasteiger partial charge on any atom is -0.381 e. The lowest BCUT2D eigenvalue weighted by Gasteiger charge is -2.37. The van der Waals surface area contributed by atoms with Gasteiger partial charge in [-0.15, -0.1) is 0 Å². The second kappa shape index (κ2) is 5.00. The van der Waals surface area contributed by atoms with Crippen molar-refractivity contribution < 1.29 is 4.39 Å². The lowest BCUT2D eigenvalue weighted by Crippen LogP contribution is -2.34. The number of pyridine rings is 1. The highest BCUT2D eigenvalue weighted by Gasteiger charge is 2.31. The molecule has 0 unspecified atom stereocenters. The van der Waals surface area contributed by atoms with Crippen LogP contribution in [0.4, 0.5) is 10.1 Å². The van der Waals surface area contributed by atoms with E-state index in [2.05, 4.69) is 10.3 Å². The van der Waals surface area contributed by atoms with Crippen molar-refractivity contribution >= 4 is 5.69 Å². The summed E-state index contributed by atoms with van der Waals surface area (Å²) in [5.74, 6) is 0.263. The minimum absolute atomic E-state index is 0.0801. The second-order valence-corrected chi connectivity index (χ2v) is 5.17. The topological polar surface area (TPSA) is 24.9 Å². The van der Waals surface area contributed by atoms with E-state index in [1.54, 1.807) is 18.3 Å². The summed E-state index contributed by atoms with van der Waals surface area (Å²) < 4.78 is 13.6. The van der Waals surface area contributed by atoms with Gasteiger partial charge in [0.2, 0.25) is 0 Å². The van der Waals surface area contributed by atoms with Crippen LogP contribution in [0, 0.1) is 12.7 Å². The summed E-state index contributed by atoms with van der Waals surface area (Å²) in [5.41, 5.74) is 2.94. The summed E-state index contributed by atoms with van der Waals surface area (Å²) in [6, 6.07) is 11.5. The third-order valence-electron chi connectivity index (χ3n) is 3.85. The molecule has 0 spiro atoms. The van der Waals surface area contributed by atoms with Gasteiger partial charge in [-0.1, -0.05) is 18.2 Å². The number of benzene rings is 1. The van der Waals surface area contributed by atoms with Gasteiger partial charge in [0, 0.05) is 12.2 Å². The Morgan fingerprint density at radius 3 is 2.68 bits per heavy atom. The zero-order valence-electron chi connectivity index (χ0n) is 10.9.